The number of ether oxygens (including phenoxy) is 2. The third-order valence-electron chi connectivity index (χ3n) is 3.09. The first-order chi connectivity index (χ1) is 10.6. The van der Waals surface area contributed by atoms with Crippen LogP contribution in [0, 0.1) is 6.92 Å². The summed E-state index contributed by atoms with van der Waals surface area (Å²) >= 11 is 0. The number of phenolic OH excluding ortho intramolecular Hbond substituents is 1. The highest BCUT2D eigenvalue weighted by atomic mass is 16.5. The summed E-state index contributed by atoms with van der Waals surface area (Å²) in [7, 11) is 1.59. The van der Waals surface area contributed by atoms with Crippen molar-refractivity contribution in [3.8, 4) is 17.2 Å². The lowest BCUT2D eigenvalue weighted by Crippen LogP contribution is -2.28. The number of carbonyl (C=O) groups is 1. The predicted molar refractivity (Wildman–Crippen MR) is 83.7 cm³/mol. The second kappa shape index (κ2) is 7.36. The fourth-order valence-electron chi connectivity index (χ4n) is 1.95. The van der Waals surface area contributed by atoms with Crippen LogP contribution < -0.4 is 14.8 Å². The summed E-state index contributed by atoms with van der Waals surface area (Å²) < 4.78 is 10.6. The predicted octanol–water partition coefficient (Wildman–Crippen LogP) is 2.52. The van der Waals surface area contributed by atoms with Gasteiger partial charge in [0.25, 0.3) is 5.91 Å². The minimum Gasteiger partial charge on any atom is -0.507 e. The Bertz CT molecular complexity index is 655. The van der Waals surface area contributed by atoms with E-state index >= 15 is 0 Å². The molecule has 0 aromatic heterocycles. The first-order valence-corrected chi connectivity index (χ1v) is 6.95. The fourth-order valence-corrected chi connectivity index (χ4v) is 1.95. The maximum Gasteiger partial charge on any atom is 0.255 e. The molecule has 0 atom stereocenters. The van der Waals surface area contributed by atoms with Crippen molar-refractivity contribution in [3.63, 3.8) is 0 Å². The van der Waals surface area contributed by atoms with Crippen molar-refractivity contribution in [3.05, 3.63) is 53.6 Å². The molecule has 0 spiro atoms. The summed E-state index contributed by atoms with van der Waals surface area (Å²) in [6, 6.07) is 12.2. The van der Waals surface area contributed by atoms with Crippen LogP contribution in [0.2, 0.25) is 0 Å². The Hall–Kier alpha value is -2.69. The number of carbonyl (C=O) groups excluding carboxylic acids is 1. The molecule has 116 valence electrons. The molecule has 22 heavy (non-hydrogen) atoms. The number of hydrogen-bond donors (Lipinski definition) is 2. The molecule has 2 N–H and O–H groups in total. The number of benzene rings is 2. The molecule has 0 bridgehead atoms. The third-order valence-corrected chi connectivity index (χ3v) is 3.09. The molecular weight excluding hydrogens is 282 g/mol. The van der Waals surface area contributed by atoms with Gasteiger partial charge in [-0.05, 0) is 31.2 Å². The van der Waals surface area contributed by atoms with Gasteiger partial charge in [0.15, 0.2) is 0 Å². The molecule has 2 aromatic rings. The Labute approximate surface area is 129 Å². The van der Waals surface area contributed by atoms with E-state index in [0.29, 0.717) is 24.7 Å². The molecule has 5 nitrogen and oxygen atoms in total. The number of phenols is 1. The van der Waals surface area contributed by atoms with E-state index in [4.69, 9.17) is 9.47 Å². The zero-order valence-corrected chi connectivity index (χ0v) is 12.6. The molecule has 1 amide bonds. The molecule has 0 unspecified atom stereocenters. The summed E-state index contributed by atoms with van der Waals surface area (Å²) in [6.07, 6.45) is 0. The highest BCUT2D eigenvalue weighted by Gasteiger charge is 2.10. The van der Waals surface area contributed by atoms with E-state index in [1.807, 2.05) is 25.1 Å². The van der Waals surface area contributed by atoms with Crippen LogP contribution in [0.5, 0.6) is 17.2 Å². The summed E-state index contributed by atoms with van der Waals surface area (Å²) in [6.45, 7) is 2.52. The van der Waals surface area contributed by atoms with Gasteiger partial charge in [-0.25, -0.2) is 0 Å². The lowest BCUT2D eigenvalue weighted by atomic mass is 10.1. The average Bonchev–Trinajstić information content (AvgIpc) is 2.54. The van der Waals surface area contributed by atoms with Gasteiger partial charge >= 0.3 is 0 Å². The van der Waals surface area contributed by atoms with Gasteiger partial charge in [-0.15, -0.1) is 0 Å². The summed E-state index contributed by atoms with van der Waals surface area (Å²) in [4.78, 5) is 12.0. The Balaban J connectivity index is 1.83. The lowest BCUT2D eigenvalue weighted by molar-refractivity contribution is 0.0944. The molecule has 2 rings (SSSR count). The van der Waals surface area contributed by atoms with Crippen molar-refractivity contribution in [2.45, 2.75) is 6.92 Å². The summed E-state index contributed by atoms with van der Waals surface area (Å²) in [5.41, 5.74) is 1.18. The largest absolute Gasteiger partial charge is 0.507 e. The zero-order valence-electron chi connectivity index (χ0n) is 12.6. The number of nitrogens with one attached hydrogen (secondary N) is 1. The van der Waals surface area contributed by atoms with Gasteiger partial charge < -0.3 is 19.9 Å². The summed E-state index contributed by atoms with van der Waals surface area (Å²) in [5.74, 6) is 1.03. The van der Waals surface area contributed by atoms with Gasteiger partial charge in [0.1, 0.15) is 23.9 Å². The van der Waals surface area contributed by atoms with E-state index in [1.54, 1.807) is 25.3 Å². The van der Waals surface area contributed by atoms with E-state index in [9.17, 15) is 9.90 Å². The Morgan fingerprint density at radius 2 is 1.95 bits per heavy atom. The minimum atomic E-state index is -0.324. The van der Waals surface area contributed by atoms with Crippen molar-refractivity contribution >= 4 is 5.91 Å². The maximum atomic E-state index is 12.0. The van der Waals surface area contributed by atoms with Crippen LogP contribution in [0.15, 0.2) is 42.5 Å². The van der Waals surface area contributed by atoms with Gasteiger partial charge in [-0.2, -0.15) is 0 Å². The van der Waals surface area contributed by atoms with Gasteiger partial charge in [0.2, 0.25) is 0 Å². The molecule has 0 aliphatic rings. The van der Waals surface area contributed by atoms with Crippen molar-refractivity contribution in [1.29, 1.82) is 0 Å². The molecule has 0 radical (unpaired) electrons. The SMILES string of the molecule is COc1cccc(OCCNC(=O)c2cc(C)ccc2O)c1. The van der Waals surface area contributed by atoms with E-state index in [-0.39, 0.29) is 17.2 Å². The summed E-state index contributed by atoms with van der Waals surface area (Å²) in [5, 5.41) is 12.4. The quantitative estimate of drug-likeness (QED) is 0.805. The van der Waals surface area contributed by atoms with Crippen LogP contribution in [-0.2, 0) is 0 Å². The number of aryl methyl sites for hydroxylation is 1. The third kappa shape index (κ3) is 4.15. The van der Waals surface area contributed by atoms with E-state index in [2.05, 4.69) is 5.32 Å². The Morgan fingerprint density at radius 3 is 2.73 bits per heavy atom. The van der Waals surface area contributed by atoms with Gasteiger partial charge in [0.05, 0.1) is 19.2 Å². The minimum absolute atomic E-state index is 0.0307. The maximum absolute atomic E-state index is 12.0. The van der Waals surface area contributed by atoms with Crippen LogP contribution >= 0.6 is 0 Å². The number of methoxy groups -OCH3 is 1. The fraction of sp³-hybridized carbons (Fsp3) is 0.235. The molecule has 0 aliphatic carbocycles. The number of aromatic hydroxyl groups is 1. The first-order valence-electron chi connectivity index (χ1n) is 6.95. The van der Waals surface area contributed by atoms with Crippen molar-refractivity contribution in [2.24, 2.45) is 0 Å². The highest BCUT2D eigenvalue weighted by molar-refractivity contribution is 5.96. The zero-order chi connectivity index (χ0) is 15.9. The first kappa shape index (κ1) is 15.7. The normalized spacial score (nSPS) is 10.1. The average molecular weight is 301 g/mol. The van der Waals surface area contributed by atoms with Crippen LogP contribution in [0.1, 0.15) is 15.9 Å². The standard InChI is InChI=1S/C17H19NO4/c1-12-6-7-16(19)15(10-12)17(20)18-8-9-22-14-5-3-4-13(11-14)21-2/h3-7,10-11,19H,8-9H2,1-2H3,(H,18,20). The Morgan fingerprint density at radius 1 is 1.18 bits per heavy atom. The van der Waals surface area contributed by atoms with Crippen LogP contribution in [0.25, 0.3) is 0 Å². The second-order valence-corrected chi connectivity index (χ2v) is 4.80. The van der Waals surface area contributed by atoms with Crippen LogP contribution in [0.4, 0.5) is 0 Å². The molecule has 0 heterocycles. The van der Waals surface area contributed by atoms with E-state index < -0.39 is 0 Å². The topological polar surface area (TPSA) is 67.8 Å². The molecule has 0 saturated carbocycles. The monoisotopic (exact) mass is 301 g/mol. The highest BCUT2D eigenvalue weighted by Crippen LogP contribution is 2.19. The molecule has 5 heteroatoms. The van der Waals surface area contributed by atoms with Crippen LogP contribution in [0.3, 0.4) is 0 Å². The number of rotatable bonds is 6. The molecule has 0 fully saturated rings. The van der Waals surface area contributed by atoms with Crippen molar-refractivity contribution in [2.75, 3.05) is 20.3 Å². The van der Waals surface area contributed by atoms with Crippen molar-refractivity contribution < 1.29 is 19.4 Å². The molecule has 2 aromatic carbocycles. The van der Waals surface area contributed by atoms with Gasteiger partial charge in [0, 0.05) is 6.07 Å². The van der Waals surface area contributed by atoms with Gasteiger partial charge in [-0.1, -0.05) is 17.7 Å². The number of amides is 1. The van der Waals surface area contributed by atoms with Crippen molar-refractivity contribution in [1.82, 2.24) is 5.32 Å². The molecule has 0 saturated heterocycles. The Kier molecular flexibility index (Phi) is 5.25. The van der Waals surface area contributed by atoms with Crippen LogP contribution in [-0.4, -0.2) is 31.3 Å². The smallest absolute Gasteiger partial charge is 0.255 e. The molecule has 0 aliphatic heterocycles. The van der Waals surface area contributed by atoms with Gasteiger partial charge in [-0.3, -0.25) is 4.79 Å². The molecular formula is C17H19NO4. The number of hydrogen-bond acceptors (Lipinski definition) is 4. The van der Waals surface area contributed by atoms with E-state index in [0.717, 1.165) is 5.56 Å². The van der Waals surface area contributed by atoms with E-state index in [1.165, 1.54) is 6.07 Å². The lowest BCUT2D eigenvalue weighted by Gasteiger charge is -2.10. The second-order valence-electron chi connectivity index (χ2n) is 4.80.